The molecule has 84 valence electrons. The van der Waals surface area contributed by atoms with Crippen molar-refractivity contribution in [2.45, 2.75) is 12.6 Å². The van der Waals surface area contributed by atoms with Crippen molar-refractivity contribution < 1.29 is 22.0 Å². The Morgan fingerprint density at radius 1 is 1.33 bits per heavy atom. The van der Waals surface area contributed by atoms with Gasteiger partial charge in [0.25, 0.3) is 6.43 Å². The van der Waals surface area contributed by atoms with Crippen LogP contribution in [0.4, 0.5) is 22.0 Å². The van der Waals surface area contributed by atoms with Crippen molar-refractivity contribution >= 4 is 34.2 Å². The maximum atomic E-state index is 12.4. The monoisotopic (exact) mass is 357 g/mol. The van der Waals surface area contributed by atoms with Gasteiger partial charge in [0.1, 0.15) is 0 Å². The van der Waals surface area contributed by atoms with Crippen LogP contribution in [0, 0.1) is 3.57 Å². The average Bonchev–Trinajstić information content (AvgIpc) is 2.06. The SMILES string of the molecule is FC(F)c1c(C(F)(F)F)ncc(I)c1Cl. The third-order valence-corrected chi connectivity index (χ3v) is 3.04. The van der Waals surface area contributed by atoms with Gasteiger partial charge in [-0.15, -0.1) is 0 Å². The minimum absolute atomic E-state index is 0.0533. The summed E-state index contributed by atoms with van der Waals surface area (Å²) in [6.07, 6.45) is -7.44. The molecule has 0 radical (unpaired) electrons. The smallest absolute Gasteiger partial charge is 0.250 e. The molecule has 1 rings (SSSR count). The van der Waals surface area contributed by atoms with Gasteiger partial charge in [-0.2, -0.15) is 13.2 Å². The summed E-state index contributed by atoms with van der Waals surface area (Å²) in [6.45, 7) is 0. The first-order valence-electron chi connectivity index (χ1n) is 3.44. The Labute approximate surface area is 99.8 Å². The van der Waals surface area contributed by atoms with Gasteiger partial charge in [0.2, 0.25) is 0 Å². The zero-order chi connectivity index (χ0) is 11.8. The molecule has 0 atom stereocenters. The van der Waals surface area contributed by atoms with Crippen LogP contribution in [0.25, 0.3) is 0 Å². The molecule has 8 heteroatoms. The van der Waals surface area contributed by atoms with Crippen LogP contribution < -0.4 is 0 Å². The fourth-order valence-corrected chi connectivity index (χ4v) is 1.56. The van der Waals surface area contributed by atoms with E-state index in [-0.39, 0.29) is 3.57 Å². The van der Waals surface area contributed by atoms with Crippen molar-refractivity contribution in [3.63, 3.8) is 0 Å². The third-order valence-electron chi connectivity index (χ3n) is 1.49. The van der Waals surface area contributed by atoms with E-state index < -0.39 is 28.9 Å². The molecule has 0 saturated carbocycles. The minimum atomic E-state index is -4.93. The number of rotatable bonds is 1. The number of alkyl halides is 5. The first-order chi connectivity index (χ1) is 6.75. The summed E-state index contributed by atoms with van der Waals surface area (Å²) in [6, 6.07) is 0. The van der Waals surface area contributed by atoms with Gasteiger partial charge >= 0.3 is 6.18 Å². The van der Waals surface area contributed by atoms with Crippen LogP contribution in [0.3, 0.4) is 0 Å². The lowest BCUT2D eigenvalue weighted by molar-refractivity contribution is -0.143. The van der Waals surface area contributed by atoms with Crippen LogP contribution in [0.2, 0.25) is 5.02 Å². The fraction of sp³-hybridized carbons (Fsp3) is 0.286. The number of nitrogens with zero attached hydrogens (tertiary/aromatic N) is 1. The van der Waals surface area contributed by atoms with Gasteiger partial charge in [-0.3, -0.25) is 4.98 Å². The molecule has 0 aliphatic rings. The van der Waals surface area contributed by atoms with E-state index in [2.05, 4.69) is 4.98 Å². The van der Waals surface area contributed by atoms with Crippen LogP contribution >= 0.6 is 34.2 Å². The van der Waals surface area contributed by atoms with E-state index in [4.69, 9.17) is 11.6 Å². The van der Waals surface area contributed by atoms with Gasteiger partial charge in [-0.25, -0.2) is 8.78 Å². The van der Waals surface area contributed by atoms with Crippen molar-refractivity contribution in [2.24, 2.45) is 0 Å². The van der Waals surface area contributed by atoms with Crippen molar-refractivity contribution in [1.82, 2.24) is 4.98 Å². The maximum absolute atomic E-state index is 12.4. The largest absolute Gasteiger partial charge is 0.433 e. The fourth-order valence-electron chi connectivity index (χ4n) is 0.905. The molecule has 1 aromatic rings. The summed E-state index contributed by atoms with van der Waals surface area (Å²) < 4.78 is 61.6. The van der Waals surface area contributed by atoms with Gasteiger partial charge in [-0.05, 0) is 22.6 Å². The highest BCUT2D eigenvalue weighted by molar-refractivity contribution is 14.1. The molecule has 0 saturated heterocycles. The molecule has 0 aromatic carbocycles. The van der Waals surface area contributed by atoms with E-state index in [9.17, 15) is 22.0 Å². The van der Waals surface area contributed by atoms with E-state index in [1.165, 1.54) is 22.6 Å². The summed E-state index contributed by atoms with van der Waals surface area (Å²) in [5.41, 5.74) is -2.90. The number of hydrogen-bond donors (Lipinski definition) is 0. The second kappa shape index (κ2) is 4.36. The number of hydrogen-bond acceptors (Lipinski definition) is 1. The van der Waals surface area contributed by atoms with E-state index >= 15 is 0 Å². The molecule has 0 N–H and O–H groups in total. The van der Waals surface area contributed by atoms with Crippen LogP contribution in [-0.4, -0.2) is 4.98 Å². The van der Waals surface area contributed by atoms with Gasteiger partial charge < -0.3 is 0 Å². The van der Waals surface area contributed by atoms with Gasteiger partial charge in [-0.1, -0.05) is 11.6 Å². The second-order valence-electron chi connectivity index (χ2n) is 2.48. The molecule has 0 unspecified atom stereocenters. The van der Waals surface area contributed by atoms with Crippen molar-refractivity contribution in [2.75, 3.05) is 0 Å². The molecule has 0 bridgehead atoms. The summed E-state index contributed by atoms with van der Waals surface area (Å²) >= 11 is 6.90. The lowest BCUT2D eigenvalue weighted by Gasteiger charge is -2.13. The average molecular weight is 357 g/mol. The molecule has 1 aromatic heterocycles. The topological polar surface area (TPSA) is 12.9 Å². The molecule has 0 aliphatic carbocycles. The van der Waals surface area contributed by atoms with Gasteiger partial charge in [0.05, 0.1) is 14.2 Å². The lowest BCUT2D eigenvalue weighted by Crippen LogP contribution is -2.13. The second-order valence-corrected chi connectivity index (χ2v) is 4.02. The summed E-state index contributed by atoms with van der Waals surface area (Å²) in [5.74, 6) is 0. The molecule has 1 nitrogen and oxygen atoms in total. The molecule has 15 heavy (non-hydrogen) atoms. The van der Waals surface area contributed by atoms with E-state index in [0.717, 1.165) is 6.20 Å². The Bertz CT molecular complexity index is 378. The van der Waals surface area contributed by atoms with Gasteiger partial charge in [0, 0.05) is 6.20 Å². The van der Waals surface area contributed by atoms with Crippen molar-refractivity contribution in [3.05, 3.63) is 26.0 Å². The molecular formula is C7H2ClF5IN. The number of pyridine rings is 1. The molecule has 0 amide bonds. The Morgan fingerprint density at radius 3 is 2.27 bits per heavy atom. The predicted molar refractivity (Wildman–Crippen MR) is 51.9 cm³/mol. The molecule has 1 heterocycles. The van der Waals surface area contributed by atoms with E-state index in [0.29, 0.717) is 0 Å². The van der Waals surface area contributed by atoms with Crippen LogP contribution in [0.1, 0.15) is 17.7 Å². The highest BCUT2D eigenvalue weighted by Crippen LogP contribution is 2.39. The highest BCUT2D eigenvalue weighted by atomic mass is 127. The van der Waals surface area contributed by atoms with Crippen molar-refractivity contribution in [1.29, 1.82) is 0 Å². The zero-order valence-corrected chi connectivity index (χ0v) is 9.66. The molecule has 0 aliphatic heterocycles. The van der Waals surface area contributed by atoms with E-state index in [1.807, 2.05) is 0 Å². The molecule has 0 spiro atoms. The van der Waals surface area contributed by atoms with Gasteiger partial charge in [0.15, 0.2) is 5.69 Å². The predicted octanol–water partition coefficient (Wildman–Crippen LogP) is 4.30. The van der Waals surface area contributed by atoms with Crippen LogP contribution in [-0.2, 0) is 6.18 Å². The first kappa shape index (κ1) is 12.9. The maximum Gasteiger partial charge on any atom is 0.433 e. The zero-order valence-electron chi connectivity index (χ0n) is 6.75. The normalized spacial score (nSPS) is 12.3. The highest BCUT2D eigenvalue weighted by Gasteiger charge is 2.39. The number of aromatic nitrogens is 1. The summed E-state index contributed by atoms with van der Waals surface area (Å²) in [5, 5.41) is -0.604. The lowest BCUT2D eigenvalue weighted by atomic mass is 10.2. The Kier molecular flexibility index (Phi) is 3.75. The third kappa shape index (κ3) is 2.68. The first-order valence-corrected chi connectivity index (χ1v) is 4.90. The van der Waals surface area contributed by atoms with E-state index in [1.54, 1.807) is 0 Å². The quantitative estimate of drug-likeness (QED) is 0.540. The minimum Gasteiger partial charge on any atom is -0.250 e. The molecular weight excluding hydrogens is 355 g/mol. The molecule has 0 fully saturated rings. The van der Waals surface area contributed by atoms with Crippen LogP contribution in [0.5, 0.6) is 0 Å². The standard InChI is InChI=1S/C7H2ClF5IN/c8-4-2(14)1-15-5(7(11,12)13)3(4)6(9)10/h1,6H. The Morgan fingerprint density at radius 2 is 1.87 bits per heavy atom. The van der Waals surface area contributed by atoms with Crippen LogP contribution in [0.15, 0.2) is 6.20 Å². The summed E-state index contributed by atoms with van der Waals surface area (Å²) in [7, 11) is 0. The van der Waals surface area contributed by atoms with Crippen molar-refractivity contribution in [3.8, 4) is 0 Å². The Hall–Kier alpha value is -0.180. The summed E-state index contributed by atoms with van der Waals surface area (Å²) in [4.78, 5) is 2.93. The number of halogens is 7. The Balaban J connectivity index is 3.47.